The Morgan fingerprint density at radius 1 is 1.33 bits per heavy atom. The van der Waals surface area contributed by atoms with Gasteiger partial charge in [-0.15, -0.1) is 0 Å². The predicted octanol–water partition coefficient (Wildman–Crippen LogP) is 3.06. The van der Waals surface area contributed by atoms with Crippen LogP contribution in [0.2, 0.25) is 0 Å². The van der Waals surface area contributed by atoms with Crippen LogP contribution in [0, 0.1) is 11.6 Å². The molecular formula is C15H15F2N3O. The molecule has 2 N–H and O–H groups in total. The molecule has 1 heterocycles. The van der Waals surface area contributed by atoms with Gasteiger partial charge in [-0.3, -0.25) is 9.89 Å². The molecule has 1 amide bonds. The average molecular weight is 291 g/mol. The van der Waals surface area contributed by atoms with Gasteiger partial charge < -0.3 is 5.32 Å². The van der Waals surface area contributed by atoms with Gasteiger partial charge in [-0.2, -0.15) is 5.10 Å². The lowest BCUT2D eigenvalue weighted by Crippen LogP contribution is -2.27. The van der Waals surface area contributed by atoms with E-state index in [1.807, 2.05) is 0 Å². The highest BCUT2D eigenvalue weighted by Gasteiger charge is 2.26. The number of amides is 1. The third kappa shape index (κ3) is 2.94. The second-order valence-electron chi connectivity index (χ2n) is 5.35. The quantitative estimate of drug-likeness (QED) is 0.909. The molecule has 4 nitrogen and oxygen atoms in total. The van der Waals surface area contributed by atoms with Crippen molar-refractivity contribution in [2.24, 2.45) is 0 Å². The molecule has 0 bridgehead atoms. The summed E-state index contributed by atoms with van der Waals surface area (Å²) in [7, 11) is 0. The molecule has 0 radical (unpaired) electrons. The standard InChI is InChI=1S/C15H15F2N3O/c1-8(10-4-5-11(16)12(17)6-10)18-15(21)14-7-13(19-20-14)9-2-3-9/h4-9H,2-3H2,1H3,(H,18,21)(H,19,20). The number of hydrogen-bond donors (Lipinski definition) is 2. The van der Waals surface area contributed by atoms with Gasteiger partial charge in [0.2, 0.25) is 0 Å². The third-order valence-electron chi connectivity index (χ3n) is 3.64. The lowest BCUT2D eigenvalue weighted by atomic mass is 10.1. The van der Waals surface area contributed by atoms with Crippen molar-refractivity contribution >= 4 is 5.91 Å². The predicted molar refractivity (Wildman–Crippen MR) is 72.8 cm³/mol. The zero-order chi connectivity index (χ0) is 15.0. The lowest BCUT2D eigenvalue weighted by molar-refractivity contribution is 0.0934. The summed E-state index contributed by atoms with van der Waals surface area (Å²) < 4.78 is 26.1. The minimum absolute atomic E-state index is 0.311. The first-order chi connectivity index (χ1) is 10.0. The first-order valence-corrected chi connectivity index (χ1v) is 6.85. The number of hydrogen-bond acceptors (Lipinski definition) is 2. The van der Waals surface area contributed by atoms with Gasteiger partial charge in [0.05, 0.1) is 6.04 Å². The molecule has 21 heavy (non-hydrogen) atoms. The molecule has 110 valence electrons. The number of aromatic nitrogens is 2. The van der Waals surface area contributed by atoms with E-state index in [0.29, 0.717) is 17.2 Å². The summed E-state index contributed by atoms with van der Waals surface area (Å²) in [4.78, 5) is 12.1. The Bertz CT molecular complexity index is 679. The topological polar surface area (TPSA) is 57.8 Å². The first-order valence-electron chi connectivity index (χ1n) is 6.85. The molecule has 1 aliphatic carbocycles. The number of benzene rings is 1. The Labute approximate surface area is 120 Å². The summed E-state index contributed by atoms with van der Waals surface area (Å²) in [5.74, 6) is -1.68. The Morgan fingerprint density at radius 3 is 2.76 bits per heavy atom. The van der Waals surface area contributed by atoms with Crippen LogP contribution in [0.25, 0.3) is 0 Å². The lowest BCUT2D eigenvalue weighted by Gasteiger charge is -2.13. The van der Waals surface area contributed by atoms with Crippen LogP contribution in [-0.4, -0.2) is 16.1 Å². The van der Waals surface area contributed by atoms with Crippen molar-refractivity contribution in [3.63, 3.8) is 0 Å². The van der Waals surface area contributed by atoms with Crippen LogP contribution in [0.3, 0.4) is 0 Å². The molecule has 6 heteroatoms. The summed E-state index contributed by atoms with van der Waals surface area (Å²) in [5, 5.41) is 9.56. The van der Waals surface area contributed by atoms with E-state index in [9.17, 15) is 13.6 Å². The van der Waals surface area contributed by atoms with Crippen LogP contribution in [0.1, 0.15) is 53.5 Å². The molecule has 1 saturated carbocycles. The van der Waals surface area contributed by atoms with Crippen LogP contribution in [0.4, 0.5) is 8.78 Å². The van der Waals surface area contributed by atoms with Gasteiger partial charge in [0.1, 0.15) is 5.69 Å². The molecule has 1 atom stereocenters. The highest BCUT2D eigenvalue weighted by molar-refractivity contribution is 5.92. The molecule has 3 rings (SSSR count). The van der Waals surface area contributed by atoms with E-state index in [1.54, 1.807) is 13.0 Å². The van der Waals surface area contributed by atoms with E-state index in [0.717, 1.165) is 30.7 Å². The van der Waals surface area contributed by atoms with E-state index in [4.69, 9.17) is 0 Å². The van der Waals surface area contributed by atoms with E-state index in [2.05, 4.69) is 15.5 Å². The van der Waals surface area contributed by atoms with Gasteiger partial charge in [0.25, 0.3) is 5.91 Å². The SMILES string of the molecule is CC(NC(=O)c1cc(C2CC2)[nH]n1)c1ccc(F)c(F)c1. The molecule has 2 aromatic rings. The smallest absolute Gasteiger partial charge is 0.272 e. The van der Waals surface area contributed by atoms with Crippen molar-refractivity contribution < 1.29 is 13.6 Å². The zero-order valence-corrected chi connectivity index (χ0v) is 11.5. The first kappa shape index (κ1) is 13.7. The summed E-state index contributed by atoms with van der Waals surface area (Å²) in [5.41, 5.74) is 1.78. The van der Waals surface area contributed by atoms with Crippen molar-refractivity contribution in [3.05, 3.63) is 52.9 Å². The van der Waals surface area contributed by atoms with Crippen LogP contribution in [0.5, 0.6) is 0 Å². The number of halogens is 2. The normalized spacial score (nSPS) is 15.8. The minimum Gasteiger partial charge on any atom is -0.344 e. The third-order valence-corrected chi connectivity index (χ3v) is 3.64. The fourth-order valence-corrected chi connectivity index (χ4v) is 2.19. The van der Waals surface area contributed by atoms with E-state index >= 15 is 0 Å². The number of rotatable bonds is 4. The summed E-state index contributed by atoms with van der Waals surface area (Å²) in [6.45, 7) is 1.71. The molecule has 0 spiro atoms. The Morgan fingerprint density at radius 2 is 2.10 bits per heavy atom. The van der Waals surface area contributed by atoms with Crippen molar-refractivity contribution in [2.45, 2.75) is 31.7 Å². The number of nitrogens with one attached hydrogen (secondary N) is 2. The molecular weight excluding hydrogens is 276 g/mol. The average Bonchev–Trinajstić information content (AvgIpc) is 3.19. The molecule has 1 aromatic carbocycles. The molecule has 0 aliphatic heterocycles. The molecule has 1 aromatic heterocycles. The number of nitrogens with zero attached hydrogens (tertiary/aromatic N) is 1. The molecule has 0 saturated heterocycles. The summed E-state index contributed by atoms with van der Waals surface area (Å²) >= 11 is 0. The Hall–Kier alpha value is -2.24. The van der Waals surface area contributed by atoms with Crippen molar-refractivity contribution in [1.29, 1.82) is 0 Å². The van der Waals surface area contributed by atoms with Gasteiger partial charge in [0, 0.05) is 11.6 Å². The molecule has 1 unspecified atom stereocenters. The van der Waals surface area contributed by atoms with Gasteiger partial charge in [-0.25, -0.2) is 8.78 Å². The maximum absolute atomic E-state index is 13.2. The number of aromatic amines is 1. The maximum atomic E-state index is 13.2. The minimum atomic E-state index is -0.926. The number of carbonyl (C=O) groups excluding carboxylic acids is 1. The van der Waals surface area contributed by atoms with Crippen LogP contribution in [-0.2, 0) is 0 Å². The van der Waals surface area contributed by atoms with Crippen LogP contribution in [0.15, 0.2) is 24.3 Å². The van der Waals surface area contributed by atoms with Crippen LogP contribution < -0.4 is 5.32 Å². The Kier molecular flexibility index (Phi) is 3.45. The van der Waals surface area contributed by atoms with E-state index in [1.165, 1.54) is 6.07 Å². The highest BCUT2D eigenvalue weighted by atomic mass is 19.2. The number of carbonyl (C=O) groups is 1. The largest absolute Gasteiger partial charge is 0.344 e. The summed E-state index contributed by atoms with van der Waals surface area (Å²) in [6, 6.07) is 4.89. The summed E-state index contributed by atoms with van der Waals surface area (Å²) in [6.07, 6.45) is 2.24. The van der Waals surface area contributed by atoms with Crippen molar-refractivity contribution in [3.8, 4) is 0 Å². The van der Waals surface area contributed by atoms with Gasteiger partial charge in [-0.1, -0.05) is 6.07 Å². The van der Waals surface area contributed by atoms with Crippen molar-refractivity contribution in [1.82, 2.24) is 15.5 Å². The monoisotopic (exact) mass is 291 g/mol. The molecule has 1 aliphatic rings. The van der Waals surface area contributed by atoms with E-state index < -0.39 is 17.7 Å². The highest BCUT2D eigenvalue weighted by Crippen LogP contribution is 2.39. The maximum Gasteiger partial charge on any atom is 0.272 e. The van der Waals surface area contributed by atoms with Crippen molar-refractivity contribution in [2.75, 3.05) is 0 Å². The fourth-order valence-electron chi connectivity index (χ4n) is 2.19. The second kappa shape index (κ2) is 5.27. The number of H-pyrrole nitrogens is 1. The molecule has 1 fully saturated rings. The Balaban J connectivity index is 1.69. The van der Waals surface area contributed by atoms with Gasteiger partial charge >= 0.3 is 0 Å². The van der Waals surface area contributed by atoms with E-state index in [-0.39, 0.29) is 5.91 Å². The zero-order valence-electron chi connectivity index (χ0n) is 11.5. The fraction of sp³-hybridized carbons (Fsp3) is 0.333. The second-order valence-corrected chi connectivity index (χ2v) is 5.35. The van der Waals surface area contributed by atoms with Gasteiger partial charge in [-0.05, 0) is 43.5 Å². The van der Waals surface area contributed by atoms with Crippen LogP contribution >= 0.6 is 0 Å². The van der Waals surface area contributed by atoms with Gasteiger partial charge in [0.15, 0.2) is 11.6 Å².